The van der Waals surface area contributed by atoms with Crippen LogP contribution in [-0.4, -0.2) is 47.4 Å². The third-order valence-corrected chi connectivity index (χ3v) is 7.49. The second kappa shape index (κ2) is 8.27. The Balaban J connectivity index is 2.54. The SMILES string of the molecule is CC(O)CC1SC(CC(C)O)SC(CC(C)O)S1. The van der Waals surface area contributed by atoms with Crippen molar-refractivity contribution in [3.05, 3.63) is 0 Å². The summed E-state index contributed by atoms with van der Waals surface area (Å²) in [6, 6.07) is 0. The Morgan fingerprint density at radius 3 is 1.06 bits per heavy atom. The van der Waals surface area contributed by atoms with Gasteiger partial charge in [-0.15, -0.1) is 35.3 Å². The molecule has 108 valence electrons. The zero-order valence-electron chi connectivity index (χ0n) is 11.2. The van der Waals surface area contributed by atoms with E-state index in [1.807, 2.05) is 56.1 Å². The molecule has 1 aliphatic heterocycles. The van der Waals surface area contributed by atoms with E-state index in [4.69, 9.17) is 0 Å². The number of aliphatic hydroxyl groups excluding tert-OH is 3. The fraction of sp³-hybridized carbons (Fsp3) is 1.00. The molecular formula is C12H24O3S3. The summed E-state index contributed by atoms with van der Waals surface area (Å²) in [6.45, 7) is 5.45. The Labute approximate surface area is 122 Å². The van der Waals surface area contributed by atoms with Crippen molar-refractivity contribution in [2.45, 2.75) is 72.1 Å². The number of rotatable bonds is 6. The molecule has 1 heterocycles. The molecule has 1 fully saturated rings. The van der Waals surface area contributed by atoms with Crippen LogP contribution in [0.3, 0.4) is 0 Å². The smallest absolute Gasteiger partial charge is 0.0549 e. The maximum atomic E-state index is 9.51. The average molecular weight is 313 g/mol. The maximum Gasteiger partial charge on any atom is 0.0549 e. The van der Waals surface area contributed by atoms with Gasteiger partial charge in [-0.25, -0.2) is 0 Å². The molecule has 1 rings (SSSR count). The molecule has 3 atom stereocenters. The van der Waals surface area contributed by atoms with Crippen LogP contribution in [0, 0.1) is 0 Å². The van der Waals surface area contributed by atoms with Crippen molar-refractivity contribution in [1.82, 2.24) is 0 Å². The minimum atomic E-state index is -0.294. The number of hydrogen-bond acceptors (Lipinski definition) is 6. The van der Waals surface area contributed by atoms with E-state index in [0.717, 1.165) is 19.3 Å². The van der Waals surface area contributed by atoms with Crippen molar-refractivity contribution in [2.75, 3.05) is 0 Å². The largest absolute Gasteiger partial charge is 0.393 e. The van der Waals surface area contributed by atoms with Crippen LogP contribution in [0.15, 0.2) is 0 Å². The van der Waals surface area contributed by atoms with E-state index in [2.05, 4.69) is 0 Å². The lowest BCUT2D eigenvalue weighted by atomic mass is 10.3. The highest BCUT2D eigenvalue weighted by Gasteiger charge is 2.32. The summed E-state index contributed by atoms with van der Waals surface area (Å²) in [5, 5.41) is 28.5. The van der Waals surface area contributed by atoms with Crippen LogP contribution in [0.2, 0.25) is 0 Å². The molecule has 18 heavy (non-hydrogen) atoms. The predicted molar refractivity (Wildman–Crippen MR) is 83.0 cm³/mol. The topological polar surface area (TPSA) is 60.7 Å². The number of aliphatic hydroxyl groups is 3. The van der Waals surface area contributed by atoms with Gasteiger partial charge in [0.2, 0.25) is 0 Å². The number of thioether (sulfide) groups is 3. The molecular weight excluding hydrogens is 288 g/mol. The molecule has 0 spiro atoms. The van der Waals surface area contributed by atoms with Gasteiger partial charge in [-0.05, 0) is 40.0 Å². The average Bonchev–Trinajstić information content (AvgIpc) is 2.12. The Kier molecular flexibility index (Phi) is 7.80. The first-order chi connectivity index (χ1) is 8.36. The second-order valence-electron chi connectivity index (χ2n) is 4.95. The van der Waals surface area contributed by atoms with E-state index in [0.29, 0.717) is 13.7 Å². The van der Waals surface area contributed by atoms with Crippen LogP contribution < -0.4 is 0 Å². The molecule has 0 amide bonds. The van der Waals surface area contributed by atoms with Crippen LogP contribution >= 0.6 is 35.3 Å². The fourth-order valence-corrected chi connectivity index (χ4v) is 8.94. The molecule has 1 aliphatic rings. The van der Waals surface area contributed by atoms with Gasteiger partial charge in [0, 0.05) is 0 Å². The molecule has 3 unspecified atom stereocenters. The lowest BCUT2D eigenvalue weighted by Crippen LogP contribution is -2.25. The summed E-state index contributed by atoms with van der Waals surface area (Å²) in [5.41, 5.74) is 0. The normalized spacial score (nSPS) is 34.0. The van der Waals surface area contributed by atoms with Crippen molar-refractivity contribution >= 4 is 35.3 Å². The van der Waals surface area contributed by atoms with Crippen LogP contribution in [0.25, 0.3) is 0 Å². The van der Waals surface area contributed by atoms with Gasteiger partial charge in [0.15, 0.2) is 0 Å². The predicted octanol–water partition coefficient (Wildman–Crippen LogP) is 2.49. The van der Waals surface area contributed by atoms with Crippen LogP contribution in [0.5, 0.6) is 0 Å². The highest BCUT2D eigenvalue weighted by atomic mass is 32.3. The van der Waals surface area contributed by atoms with Gasteiger partial charge in [-0.2, -0.15) is 0 Å². The zero-order valence-corrected chi connectivity index (χ0v) is 13.6. The van der Waals surface area contributed by atoms with E-state index >= 15 is 0 Å². The van der Waals surface area contributed by atoms with Crippen LogP contribution in [0.4, 0.5) is 0 Å². The molecule has 0 bridgehead atoms. The summed E-state index contributed by atoms with van der Waals surface area (Å²) >= 11 is 5.53. The van der Waals surface area contributed by atoms with Crippen LogP contribution in [0.1, 0.15) is 40.0 Å². The molecule has 3 nitrogen and oxygen atoms in total. The van der Waals surface area contributed by atoms with Crippen molar-refractivity contribution in [3.63, 3.8) is 0 Å². The van der Waals surface area contributed by atoms with E-state index < -0.39 is 0 Å². The van der Waals surface area contributed by atoms with Crippen LogP contribution in [-0.2, 0) is 0 Å². The highest BCUT2D eigenvalue weighted by Crippen LogP contribution is 2.51. The van der Waals surface area contributed by atoms with Gasteiger partial charge in [0.1, 0.15) is 0 Å². The Morgan fingerprint density at radius 2 is 0.889 bits per heavy atom. The molecule has 0 aliphatic carbocycles. The molecule has 0 saturated carbocycles. The lowest BCUT2D eigenvalue weighted by molar-refractivity contribution is 0.187. The Hall–Kier alpha value is 0.930. The molecule has 0 aromatic carbocycles. The van der Waals surface area contributed by atoms with Crippen molar-refractivity contribution in [2.24, 2.45) is 0 Å². The molecule has 0 radical (unpaired) electrons. The van der Waals surface area contributed by atoms with E-state index in [1.54, 1.807) is 0 Å². The summed E-state index contributed by atoms with van der Waals surface area (Å²) in [7, 11) is 0. The van der Waals surface area contributed by atoms with Gasteiger partial charge >= 0.3 is 0 Å². The molecule has 6 heteroatoms. The van der Waals surface area contributed by atoms with Gasteiger partial charge in [0.05, 0.1) is 32.1 Å². The summed E-state index contributed by atoms with van der Waals surface area (Å²) in [4.78, 5) is 0. The first-order valence-corrected chi connectivity index (χ1v) is 9.20. The zero-order chi connectivity index (χ0) is 13.7. The van der Waals surface area contributed by atoms with Gasteiger partial charge in [-0.3, -0.25) is 0 Å². The summed E-state index contributed by atoms with van der Waals surface area (Å²) < 4.78 is 1.08. The molecule has 3 N–H and O–H groups in total. The van der Waals surface area contributed by atoms with Gasteiger partial charge in [-0.1, -0.05) is 0 Å². The molecule has 0 aromatic heterocycles. The summed E-state index contributed by atoms with van der Waals surface area (Å²) in [6.07, 6.45) is 1.42. The Morgan fingerprint density at radius 1 is 0.667 bits per heavy atom. The highest BCUT2D eigenvalue weighted by molar-refractivity contribution is 8.33. The fourth-order valence-electron chi connectivity index (χ4n) is 1.77. The number of hydrogen-bond donors (Lipinski definition) is 3. The Bertz CT molecular complexity index is 193. The second-order valence-corrected chi connectivity index (χ2v) is 10.1. The van der Waals surface area contributed by atoms with Gasteiger partial charge in [0.25, 0.3) is 0 Å². The molecule has 0 aromatic rings. The molecule has 1 saturated heterocycles. The summed E-state index contributed by atoms with van der Waals surface area (Å²) in [5.74, 6) is 0. The minimum Gasteiger partial charge on any atom is -0.393 e. The lowest BCUT2D eigenvalue weighted by Gasteiger charge is -2.35. The van der Waals surface area contributed by atoms with Crippen molar-refractivity contribution < 1.29 is 15.3 Å². The van der Waals surface area contributed by atoms with Crippen molar-refractivity contribution in [1.29, 1.82) is 0 Å². The maximum absolute atomic E-state index is 9.51. The monoisotopic (exact) mass is 312 g/mol. The van der Waals surface area contributed by atoms with Crippen molar-refractivity contribution in [3.8, 4) is 0 Å². The van der Waals surface area contributed by atoms with E-state index in [1.165, 1.54) is 0 Å². The third-order valence-electron chi connectivity index (χ3n) is 2.51. The minimum absolute atomic E-state index is 0.294. The van der Waals surface area contributed by atoms with E-state index in [9.17, 15) is 15.3 Å². The van der Waals surface area contributed by atoms with Gasteiger partial charge < -0.3 is 15.3 Å². The quantitative estimate of drug-likeness (QED) is 0.700. The first-order valence-electron chi connectivity index (χ1n) is 6.37. The standard InChI is InChI=1S/C12H24O3S3/c1-7(13)4-10-16-11(5-8(2)14)18-12(17-10)6-9(3)15/h7-15H,4-6H2,1-3H3. The van der Waals surface area contributed by atoms with E-state index in [-0.39, 0.29) is 18.3 Å². The third kappa shape index (κ3) is 6.91. The first kappa shape index (κ1) is 17.0.